The van der Waals surface area contributed by atoms with E-state index in [4.69, 9.17) is 28.4 Å². The average molecular weight is 688 g/mol. The van der Waals surface area contributed by atoms with E-state index >= 15 is 0 Å². The van der Waals surface area contributed by atoms with Crippen molar-refractivity contribution in [2.45, 2.75) is 70.8 Å². The van der Waals surface area contributed by atoms with Crippen LogP contribution in [0.25, 0.3) is 0 Å². The molecule has 0 saturated carbocycles. The van der Waals surface area contributed by atoms with Crippen molar-refractivity contribution in [1.82, 2.24) is 25.1 Å². The summed E-state index contributed by atoms with van der Waals surface area (Å²) in [6, 6.07) is 24.0. The summed E-state index contributed by atoms with van der Waals surface area (Å²) in [6.07, 6.45) is 3.28. The van der Waals surface area contributed by atoms with Crippen molar-refractivity contribution in [3.63, 3.8) is 0 Å². The average Bonchev–Trinajstić information content (AvgIpc) is 3.65. The van der Waals surface area contributed by atoms with Crippen LogP contribution in [-0.4, -0.2) is 89.5 Å². The molecule has 1 aromatic heterocycles. The molecular weight excluding hydrogens is 638 g/mol. The molecule has 0 N–H and O–H groups in total. The molecule has 4 aromatic rings. The van der Waals surface area contributed by atoms with E-state index in [2.05, 4.69) is 27.7 Å². The van der Waals surface area contributed by atoms with Gasteiger partial charge in [0.2, 0.25) is 0 Å². The Morgan fingerprint density at radius 2 is 1.64 bits per heavy atom. The number of piperidine rings is 1. The van der Waals surface area contributed by atoms with Crippen molar-refractivity contribution < 1.29 is 33.2 Å². The van der Waals surface area contributed by atoms with E-state index in [-0.39, 0.29) is 18.1 Å². The topological polar surface area (TPSA) is 119 Å². The molecule has 12 heteroatoms. The van der Waals surface area contributed by atoms with Gasteiger partial charge >= 0.3 is 6.09 Å². The first-order chi connectivity index (χ1) is 24.3. The normalized spacial score (nSPS) is 16.2. The molecule has 5 rings (SSSR count). The van der Waals surface area contributed by atoms with Gasteiger partial charge in [-0.15, -0.1) is 5.10 Å². The minimum atomic E-state index is -0.576. The van der Waals surface area contributed by atoms with Gasteiger partial charge in [0.1, 0.15) is 35.8 Å². The molecule has 2 heterocycles. The third-order valence-corrected chi connectivity index (χ3v) is 8.32. The molecule has 1 fully saturated rings. The van der Waals surface area contributed by atoms with E-state index in [1.807, 2.05) is 81.4 Å². The van der Waals surface area contributed by atoms with E-state index in [9.17, 15) is 4.79 Å². The number of tetrazole rings is 1. The summed E-state index contributed by atoms with van der Waals surface area (Å²) in [5.41, 5.74) is 2.66. The molecule has 1 amide bonds. The van der Waals surface area contributed by atoms with Crippen LogP contribution in [0.15, 0.2) is 79.1 Å². The highest BCUT2D eigenvalue weighted by Gasteiger charge is 2.35. The van der Waals surface area contributed by atoms with Gasteiger partial charge in [0, 0.05) is 31.0 Å². The van der Waals surface area contributed by atoms with Crippen molar-refractivity contribution in [3.8, 4) is 17.2 Å². The predicted octanol–water partition coefficient (Wildman–Crippen LogP) is 6.10. The Bertz CT molecular complexity index is 1590. The fraction of sp³-hybridized carbons (Fsp3) is 0.474. The van der Waals surface area contributed by atoms with E-state index in [1.165, 1.54) is 0 Å². The lowest BCUT2D eigenvalue weighted by molar-refractivity contribution is -0.0358. The maximum atomic E-state index is 13.0. The van der Waals surface area contributed by atoms with Gasteiger partial charge in [0.15, 0.2) is 0 Å². The molecule has 12 nitrogen and oxygen atoms in total. The van der Waals surface area contributed by atoms with Crippen molar-refractivity contribution in [2.24, 2.45) is 0 Å². The number of aryl methyl sites for hydroxylation is 2. The van der Waals surface area contributed by atoms with Crippen LogP contribution in [0.3, 0.4) is 0 Å². The summed E-state index contributed by atoms with van der Waals surface area (Å²) >= 11 is 0. The van der Waals surface area contributed by atoms with E-state index < -0.39 is 5.60 Å². The molecule has 1 aliphatic rings. The Morgan fingerprint density at radius 3 is 2.38 bits per heavy atom. The van der Waals surface area contributed by atoms with Crippen LogP contribution in [0.2, 0.25) is 0 Å². The number of benzene rings is 3. The van der Waals surface area contributed by atoms with Gasteiger partial charge in [0.25, 0.3) is 0 Å². The summed E-state index contributed by atoms with van der Waals surface area (Å²) in [6.45, 7) is 9.65. The third-order valence-electron chi connectivity index (χ3n) is 8.32. The van der Waals surface area contributed by atoms with Gasteiger partial charge in [-0.2, -0.15) is 0 Å². The van der Waals surface area contributed by atoms with Crippen molar-refractivity contribution in [3.05, 3.63) is 95.8 Å². The highest BCUT2D eigenvalue weighted by Crippen LogP contribution is 2.32. The first kappa shape index (κ1) is 36.6. The number of nitrogens with zero attached hydrogens (tertiary/aromatic N) is 5. The molecule has 1 saturated heterocycles. The Hall–Kier alpha value is -4.68. The summed E-state index contributed by atoms with van der Waals surface area (Å²) < 4.78 is 37.2. The molecular formula is C38H49N5O7. The maximum Gasteiger partial charge on any atom is 0.410 e. The van der Waals surface area contributed by atoms with Gasteiger partial charge in [-0.05, 0) is 79.4 Å². The SMILES string of the molecule is COc1ccccc1COCCCOc1ccc(C2CCN(C(=O)OC(C)(C)C)CC2OCCOc2ccccc2CCn2cnnn2)cc1. The molecule has 50 heavy (non-hydrogen) atoms. The number of para-hydroxylation sites is 2. The van der Waals surface area contributed by atoms with Gasteiger partial charge in [-0.1, -0.05) is 48.5 Å². The van der Waals surface area contributed by atoms with Crippen LogP contribution in [0.4, 0.5) is 4.79 Å². The highest BCUT2D eigenvalue weighted by atomic mass is 16.6. The molecule has 268 valence electrons. The number of hydrogen-bond acceptors (Lipinski definition) is 10. The number of aromatic nitrogens is 4. The number of ether oxygens (including phenoxy) is 6. The van der Waals surface area contributed by atoms with Gasteiger partial charge in [-0.25, -0.2) is 9.48 Å². The monoisotopic (exact) mass is 687 g/mol. The number of amides is 1. The highest BCUT2D eigenvalue weighted by molar-refractivity contribution is 5.68. The van der Waals surface area contributed by atoms with E-state index in [0.29, 0.717) is 52.7 Å². The molecule has 0 bridgehead atoms. The number of hydrogen-bond donors (Lipinski definition) is 0. The second-order valence-electron chi connectivity index (χ2n) is 13.1. The van der Waals surface area contributed by atoms with Crippen molar-refractivity contribution in [1.29, 1.82) is 0 Å². The Balaban J connectivity index is 1.12. The lowest BCUT2D eigenvalue weighted by Gasteiger charge is -2.39. The molecule has 0 spiro atoms. The minimum Gasteiger partial charge on any atom is -0.496 e. The second-order valence-corrected chi connectivity index (χ2v) is 13.1. The van der Waals surface area contributed by atoms with Crippen molar-refractivity contribution in [2.75, 3.05) is 46.6 Å². The number of carbonyl (C=O) groups excluding carboxylic acids is 1. The zero-order valence-corrected chi connectivity index (χ0v) is 29.5. The summed E-state index contributed by atoms with van der Waals surface area (Å²) in [7, 11) is 1.67. The number of rotatable bonds is 17. The van der Waals surface area contributed by atoms with Crippen LogP contribution >= 0.6 is 0 Å². The van der Waals surface area contributed by atoms with Crippen LogP contribution in [-0.2, 0) is 33.8 Å². The summed E-state index contributed by atoms with van der Waals surface area (Å²) in [4.78, 5) is 14.7. The quantitative estimate of drug-likeness (QED) is 0.121. The van der Waals surface area contributed by atoms with Crippen molar-refractivity contribution >= 4 is 6.09 Å². The zero-order valence-electron chi connectivity index (χ0n) is 29.5. The lowest BCUT2D eigenvalue weighted by atomic mass is 9.87. The van der Waals surface area contributed by atoms with Gasteiger partial charge in [-0.3, -0.25) is 0 Å². The fourth-order valence-electron chi connectivity index (χ4n) is 5.85. The second kappa shape index (κ2) is 18.4. The summed E-state index contributed by atoms with van der Waals surface area (Å²) in [5.74, 6) is 2.53. The van der Waals surface area contributed by atoms with Gasteiger partial charge < -0.3 is 33.3 Å². The number of likely N-dealkylation sites (tertiary alicyclic amines) is 1. The van der Waals surface area contributed by atoms with E-state index in [1.54, 1.807) is 23.0 Å². The molecule has 2 unspecified atom stereocenters. The smallest absolute Gasteiger partial charge is 0.410 e. The predicted molar refractivity (Wildman–Crippen MR) is 188 cm³/mol. The van der Waals surface area contributed by atoms with Crippen LogP contribution < -0.4 is 14.2 Å². The molecule has 3 aromatic carbocycles. The lowest BCUT2D eigenvalue weighted by Crippen LogP contribution is -2.48. The van der Waals surface area contributed by atoms with Crippen LogP contribution in [0, 0.1) is 0 Å². The molecule has 0 aliphatic carbocycles. The van der Waals surface area contributed by atoms with E-state index in [0.717, 1.165) is 53.2 Å². The number of methoxy groups -OCH3 is 1. The first-order valence-electron chi connectivity index (χ1n) is 17.2. The number of carbonyl (C=O) groups is 1. The Kier molecular flexibility index (Phi) is 13.4. The first-order valence-corrected chi connectivity index (χ1v) is 17.2. The minimum absolute atomic E-state index is 0.0923. The Labute approximate surface area is 294 Å². The largest absolute Gasteiger partial charge is 0.496 e. The summed E-state index contributed by atoms with van der Waals surface area (Å²) in [5, 5.41) is 11.3. The van der Waals surface area contributed by atoms with Crippen LogP contribution in [0.5, 0.6) is 17.2 Å². The molecule has 2 atom stereocenters. The third kappa shape index (κ3) is 11.2. The standard InChI is InChI=1S/C38H49N5O7/c1-38(2,3)50-37(44)42-20-19-33(29-14-16-32(17-15-29)47-23-9-22-46-27-31-11-6-7-12-34(31)45-4)36(26-42)49-25-24-48-35-13-8-5-10-30(35)18-21-43-28-39-40-41-43/h5-8,10-17,28,33,36H,9,18-27H2,1-4H3. The Morgan fingerprint density at radius 1 is 0.880 bits per heavy atom. The molecule has 1 aliphatic heterocycles. The molecule has 0 radical (unpaired) electrons. The maximum absolute atomic E-state index is 13.0. The fourth-order valence-corrected chi connectivity index (χ4v) is 5.85. The van der Waals surface area contributed by atoms with Gasteiger partial charge in [0.05, 0.1) is 46.2 Å². The zero-order chi connectivity index (χ0) is 35.2. The van der Waals surface area contributed by atoms with Crippen LogP contribution in [0.1, 0.15) is 56.2 Å².